The van der Waals surface area contributed by atoms with Gasteiger partial charge in [-0.25, -0.2) is 0 Å². The quantitative estimate of drug-likeness (QED) is 0.764. The molecule has 0 aromatic rings. The van der Waals surface area contributed by atoms with Gasteiger partial charge in [0.05, 0.1) is 12.0 Å². The van der Waals surface area contributed by atoms with E-state index in [0.29, 0.717) is 6.54 Å². The molecule has 2 atom stereocenters. The van der Waals surface area contributed by atoms with Crippen LogP contribution in [0.1, 0.15) is 33.6 Å². The van der Waals surface area contributed by atoms with Crippen LogP contribution >= 0.6 is 0 Å². The monoisotopic (exact) mass is 256 g/mol. The molecule has 0 radical (unpaired) electrons. The molecule has 1 fully saturated rings. The number of carbonyl (C=O) groups is 2. The summed E-state index contributed by atoms with van der Waals surface area (Å²) in [5, 5.41) is 11.8. The number of rotatable bonds is 4. The molecule has 5 nitrogen and oxygen atoms in total. The van der Waals surface area contributed by atoms with E-state index in [1.807, 2.05) is 13.8 Å². The Morgan fingerprint density at radius 2 is 2.06 bits per heavy atom. The van der Waals surface area contributed by atoms with Crippen LogP contribution in [0.5, 0.6) is 0 Å². The molecule has 0 aliphatic carbocycles. The third-order valence-corrected chi connectivity index (χ3v) is 3.17. The molecular weight excluding hydrogens is 232 g/mol. The van der Waals surface area contributed by atoms with Crippen LogP contribution in [-0.4, -0.2) is 47.6 Å². The summed E-state index contributed by atoms with van der Waals surface area (Å²) in [5.74, 6) is -0.107. The highest BCUT2D eigenvalue weighted by Gasteiger charge is 2.29. The van der Waals surface area contributed by atoms with Crippen molar-refractivity contribution >= 4 is 11.8 Å². The fourth-order valence-electron chi connectivity index (χ4n) is 2.15. The lowest BCUT2D eigenvalue weighted by Gasteiger charge is -2.33. The van der Waals surface area contributed by atoms with Crippen LogP contribution in [-0.2, 0) is 9.59 Å². The Bertz CT molecular complexity index is 303. The van der Waals surface area contributed by atoms with Gasteiger partial charge in [-0.05, 0) is 19.8 Å². The zero-order valence-electron chi connectivity index (χ0n) is 11.5. The summed E-state index contributed by atoms with van der Waals surface area (Å²) in [4.78, 5) is 25.5. The van der Waals surface area contributed by atoms with Crippen molar-refractivity contribution in [2.45, 2.75) is 39.7 Å². The molecule has 18 heavy (non-hydrogen) atoms. The Balaban J connectivity index is 2.48. The number of hydrogen-bond acceptors (Lipinski definition) is 3. The van der Waals surface area contributed by atoms with Gasteiger partial charge >= 0.3 is 0 Å². The molecule has 104 valence electrons. The molecule has 2 unspecified atom stereocenters. The molecule has 2 N–H and O–H groups in total. The van der Waals surface area contributed by atoms with Crippen molar-refractivity contribution in [3.8, 4) is 0 Å². The minimum Gasteiger partial charge on any atom is -0.392 e. The Morgan fingerprint density at radius 3 is 2.61 bits per heavy atom. The predicted octanol–water partition coefficient (Wildman–Crippen LogP) is 0.378. The number of aliphatic hydroxyl groups excluding tert-OH is 1. The van der Waals surface area contributed by atoms with Crippen molar-refractivity contribution in [1.29, 1.82) is 0 Å². The second-order valence-corrected chi connectivity index (χ2v) is 5.37. The van der Waals surface area contributed by atoms with Crippen molar-refractivity contribution in [2.75, 3.05) is 19.6 Å². The topological polar surface area (TPSA) is 69.6 Å². The smallest absolute Gasteiger partial charge is 0.225 e. The number of nitrogens with zero attached hydrogens (tertiary/aromatic N) is 1. The SMILES string of the molecule is CC(O)CNC(=O)C1CCCN(C(=O)C(C)C)C1. The number of piperidine rings is 1. The third kappa shape index (κ3) is 4.29. The van der Waals surface area contributed by atoms with Crippen LogP contribution in [0.4, 0.5) is 0 Å². The molecule has 1 saturated heterocycles. The van der Waals surface area contributed by atoms with Crippen LogP contribution in [0.15, 0.2) is 0 Å². The summed E-state index contributed by atoms with van der Waals surface area (Å²) in [6, 6.07) is 0. The Morgan fingerprint density at radius 1 is 1.39 bits per heavy atom. The molecule has 1 heterocycles. The first kappa shape index (κ1) is 15.0. The summed E-state index contributed by atoms with van der Waals surface area (Å²) in [6.45, 7) is 6.90. The summed E-state index contributed by atoms with van der Waals surface area (Å²) in [7, 11) is 0. The van der Waals surface area contributed by atoms with Crippen LogP contribution in [0, 0.1) is 11.8 Å². The lowest BCUT2D eigenvalue weighted by molar-refractivity contribution is -0.138. The number of likely N-dealkylation sites (tertiary alicyclic amines) is 1. The van der Waals surface area contributed by atoms with Gasteiger partial charge < -0.3 is 15.3 Å². The fraction of sp³-hybridized carbons (Fsp3) is 0.846. The van der Waals surface area contributed by atoms with Gasteiger partial charge in [0.2, 0.25) is 11.8 Å². The largest absolute Gasteiger partial charge is 0.392 e. The van der Waals surface area contributed by atoms with Crippen molar-refractivity contribution in [3.63, 3.8) is 0 Å². The lowest BCUT2D eigenvalue weighted by Crippen LogP contribution is -2.47. The van der Waals surface area contributed by atoms with Crippen molar-refractivity contribution in [3.05, 3.63) is 0 Å². The summed E-state index contributed by atoms with van der Waals surface area (Å²) in [6.07, 6.45) is 1.14. The number of amides is 2. The van der Waals surface area contributed by atoms with Gasteiger partial charge in [-0.2, -0.15) is 0 Å². The Hall–Kier alpha value is -1.10. The van der Waals surface area contributed by atoms with E-state index in [0.717, 1.165) is 19.4 Å². The third-order valence-electron chi connectivity index (χ3n) is 3.17. The molecule has 0 bridgehead atoms. The average Bonchev–Trinajstić information content (AvgIpc) is 2.34. The fourth-order valence-corrected chi connectivity index (χ4v) is 2.15. The van der Waals surface area contributed by atoms with E-state index in [1.54, 1.807) is 11.8 Å². The van der Waals surface area contributed by atoms with Crippen LogP contribution < -0.4 is 5.32 Å². The highest BCUT2D eigenvalue weighted by molar-refractivity contribution is 5.82. The zero-order valence-corrected chi connectivity index (χ0v) is 11.5. The zero-order chi connectivity index (χ0) is 13.7. The van der Waals surface area contributed by atoms with E-state index in [1.165, 1.54) is 0 Å². The Labute approximate surface area is 109 Å². The van der Waals surface area contributed by atoms with Gasteiger partial charge in [0.1, 0.15) is 0 Å². The summed E-state index contributed by atoms with van der Waals surface area (Å²) < 4.78 is 0. The maximum atomic E-state index is 11.9. The molecule has 5 heteroatoms. The van der Waals surface area contributed by atoms with Crippen LogP contribution in [0.2, 0.25) is 0 Å². The number of hydrogen-bond donors (Lipinski definition) is 2. The maximum Gasteiger partial charge on any atom is 0.225 e. The first-order valence-electron chi connectivity index (χ1n) is 6.66. The van der Waals surface area contributed by atoms with Gasteiger partial charge in [-0.1, -0.05) is 13.8 Å². The lowest BCUT2D eigenvalue weighted by atomic mass is 9.96. The predicted molar refractivity (Wildman–Crippen MR) is 68.8 cm³/mol. The normalized spacial score (nSPS) is 21.8. The number of nitrogens with one attached hydrogen (secondary N) is 1. The molecule has 0 aromatic heterocycles. The van der Waals surface area contributed by atoms with Crippen LogP contribution in [0.25, 0.3) is 0 Å². The maximum absolute atomic E-state index is 11.9. The number of carbonyl (C=O) groups excluding carboxylic acids is 2. The highest BCUT2D eigenvalue weighted by atomic mass is 16.3. The van der Waals surface area contributed by atoms with Gasteiger partial charge in [0, 0.05) is 25.6 Å². The van der Waals surface area contributed by atoms with E-state index >= 15 is 0 Å². The summed E-state index contributed by atoms with van der Waals surface area (Å²) >= 11 is 0. The van der Waals surface area contributed by atoms with E-state index in [4.69, 9.17) is 5.11 Å². The van der Waals surface area contributed by atoms with E-state index in [-0.39, 0.29) is 30.2 Å². The molecular formula is C13H24N2O3. The molecule has 1 rings (SSSR count). The molecule has 0 spiro atoms. The van der Waals surface area contributed by atoms with Crippen molar-refractivity contribution in [1.82, 2.24) is 10.2 Å². The van der Waals surface area contributed by atoms with Gasteiger partial charge in [0.15, 0.2) is 0 Å². The standard InChI is InChI=1S/C13H24N2O3/c1-9(2)13(18)15-6-4-5-11(8-15)12(17)14-7-10(3)16/h9-11,16H,4-8H2,1-3H3,(H,14,17). The molecule has 1 aliphatic rings. The minimum atomic E-state index is -0.536. The van der Waals surface area contributed by atoms with E-state index in [2.05, 4.69) is 5.32 Å². The molecule has 1 aliphatic heterocycles. The van der Waals surface area contributed by atoms with Gasteiger partial charge in [-0.15, -0.1) is 0 Å². The summed E-state index contributed by atoms with van der Waals surface area (Å²) in [5.41, 5.74) is 0. The van der Waals surface area contributed by atoms with Crippen molar-refractivity contribution < 1.29 is 14.7 Å². The molecule has 0 aromatic carbocycles. The van der Waals surface area contributed by atoms with Gasteiger partial charge in [0.25, 0.3) is 0 Å². The second kappa shape index (κ2) is 6.73. The average molecular weight is 256 g/mol. The van der Waals surface area contributed by atoms with Gasteiger partial charge in [-0.3, -0.25) is 9.59 Å². The van der Waals surface area contributed by atoms with E-state index in [9.17, 15) is 9.59 Å². The molecule has 0 saturated carbocycles. The first-order chi connectivity index (χ1) is 8.41. The van der Waals surface area contributed by atoms with Crippen LogP contribution in [0.3, 0.4) is 0 Å². The highest BCUT2D eigenvalue weighted by Crippen LogP contribution is 2.18. The molecule has 2 amide bonds. The van der Waals surface area contributed by atoms with E-state index < -0.39 is 6.10 Å². The number of aliphatic hydroxyl groups is 1. The minimum absolute atomic E-state index is 0.0238. The first-order valence-corrected chi connectivity index (χ1v) is 6.66. The Kier molecular flexibility index (Phi) is 5.59. The second-order valence-electron chi connectivity index (χ2n) is 5.37. The van der Waals surface area contributed by atoms with Crippen molar-refractivity contribution in [2.24, 2.45) is 11.8 Å².